The van der Waals surface area contributed by atoms with Gasteiger partial charge in [-0.2, -0.15) is 5.26 Å². The first-order valence-electron chi connectivity index (χ1n) is 5.91. The maximum Gasteiger partial charge on any atom is 0.509 e. The fraction of sp³-hybridized carbons (Fsp3) is 0.0714. The molecule has 0 aromatic heterocycles. The van der Waals surface area contributed by atoms with Gasteiger partial charge in [-0.05, 0) is 29.8 Å². The van der Waals surface area contributed by atoms with E-state index in [2.05, 4.69) is 0 Å². The van der Waals surface area contributed by atoms with E-state index < -0.39 is 12.4 Å². The monoisotopic (exact) mass is 276 g/mol. The van der Waals surface area contributed by atoms with Crippen molar-refractivity contribution in [1.82, 2.24) is 0 Å². The van der Waals surface area contributed by atoms with Gasteiger partial charge in [0.05, 0.1) is 11.6 Å². The highest BCUT2D eigenvalue weighted by Gasteiger charge is 2.25. The fourth-order valence-electron chi connectivity index (χ4n) is 1.65. The lowest BCUT2D eigenvalue weighted by Gasteiger charge is -2.16. The second-order valence-electron chi connectivity index (χ2n) is 4.24. The summed E-state index contributed by atoms with van der Waals surface area (Å²) >= 11 is 0. The third kappa shape index (κ3) is 3.54. The van der Waals surface area contributed by atoms with Crippen LogP contribution in [0.3, 0.4) is 0 Å². The number of halogens is 3. The van der Waals surface area contributed by atoms with E-state index in [1.807, 2.05) is 6.07 Å². The van der Waals surface area contributed by atoms with E-state index in [0.29, 0.717) is 5.56 Å². The second-order valence-corrected chi connectivity index (χ2v) is 4.24. The maximum absolute atomic E-state index is 12.6. The van der Waals surface area contributed by atoms with Gasteiger partial charge in [0.2, 0.25) is 0 Å². The van der Waals surface area contributed by atoms with Crippen LogP contribution in [0.4, 0.5) is 12.9 Å². The van der Waals surface area contributed by atoms with E-state index in [1.54, 1.807) is 24.3 Å². The molecule has 0 saturated carbocycles. The molecule has 0 atom stereocenters. The molecule has 20 heavy (non-hydrogen) atoms. The minimum absolute atomic E-state index is 0.153. The van der Waals surface area contributed by atoms with Crippen molar-refractivity contribution in [2.75, 3.05) is 0 Å². The van der Waals surface area contributed by atoms with Crippen molar-refractivity contribution in [3.8, 4) is 11.8 Å². The molecular formula is C14H10BF3NO-. The Morgan fingerprint density at radius 3 is 2.35 bits per heavy atom. The van der Waals surface area contributed by atoms with E-state index in [4.69, 9.17) is 10.00 Å². The van der Waals surface area contributed by atoms with Gasteiger partial charge in [-0.3, -0.25) is 0 Å². The third-order valence-corrected chi connectivity index (χ3v) is 2.72. The van der Waals surface area contributed by atoms with Crippen LogP contribution in [0.5, 0.6) is 5.75 Å². The Hall–Kier alpha value is -2.42. The van der Waals surface area contributed by atoms with E-state index in [-0.39, 0.29) is 12.4 Å². The number of rotatable bonds is 4. The summed E-state index contributed by atoms with van der Waals surface area (Å²) in [5.41, 5.74) is 0.629. The zero-order valence-corrected chi connectivity index (χ0v) is 10.4. The summed E-state index contributed by atoms with van der Waals surface area (Å²) in [6.45, 7) is -4.87. The summed E-state index contributed by atoms with van der Waals surface area (Å²) in [7, 11) is 0. The van der Waals surface area contributed by atoms with Crippen LogP contribution in [0.25, 0.3) is 0 Å². The molecule has 0 aliphatic rings. The Bertz CT molecular complexity index is 632. The molecule has 6 heteroatoms. The van der Waals surface area contributed by atoms with E-state index in [9.17, 15) is 12.9 Å². The van der Waals surface area contributed by atoms with Crippen molar-refractivity contribution in [2.24, 2.45) is 0 Å². The summed E-state index contributed by atoms with van der Waals surface area (Å²) in [6, 6.07) is 13.5. The molecule has 102 valence electrons. The van der Waals surface area contributed by atoms with Gasteiger partial charge in [0.15, 0.2) is 0 Å². The fourth-order valence-corrected chi connectivity index (χ4v) is 1.65. The zero-order valence-electron chi connectivity index (χ0n) is 10.4. The molecule has 0 bridgehead atoms. The van der Waals surface area contributed by atoms with Crippen molar-refractivity contribution < 1.29 is 17.7 Å². The molecule has 0 fully saturated rings. The summed E-state index contributed by atoms with van der Waals surface area (Å²) in [5.74, 6) is 0.172. The topological polar surface area (TPSA) is 33.0 Å². The number of benzene rings is 2. The van der Waals surface area contributed by atoms with Crippen LogP contribution in [-0.2, 0) is 6.61 Å². The molecule has 0 heterocycles. The van der Waals surface area contributed by atoms with E-state index in [1.165, 1.54) is 12.1 Å². The second kappa shape index (κ2) is 5.70. The lowest BCUT2D eigenvalue weighted by molar-refractivity contribution is 0.306. The zero-order chi connectivity index (χ0) is 14.6. The van der Waals surface area contributed by atoms with Crippen LogP contribution in [0.1, 0.15) is 11.1 Å². The van der Waals surface area contributed by atoms with Gasteiger partial charge >= 0.3 is 6.98 Å². The Morgan fingerprint density at radius 1 is 1.05 bits per heavy atom. The van der Waals surface area contributed by atoms with Crippen molar-refractivity contribution in [1.29, 1.82) is 5.26 Å². The molecule has 0 radical (unpaired) electrons. The number of nitrogens with zero attached hydrogens (tertiary/aromatic N) is 1. The van der Waals surface area contributed by atoms with Gasteiger partial charge < -0.3 is 17.7 Å². The van der Waals surface area contributed by atoms with E-state index >= 15 is 0 Å². The molecule has 0 amide bonds. The largest absolute Gasteiger partial charge is 0.509 e. The SMILES string of the molecule is N#Cc1ccc(COc2cccc([B-](F)(F)F)c2)cc1. The van der Waals surface area contributed by atoms with Crippen molar-refractivity contribution >= 4 is 12.4 Å². The highest BCUT2D eigenvalue weighted by molar-refractivity contribution is 6.73. The first kappa shape index (κ1) is 14.0. The van der Waals surface area contributed by atoms with Crippen molar-refractivity contribution in [3.63, 3.8) is 0 Å². The molecular weight excluding hydrogens is 266 g/mol. The molecule has 0 saturated heterocycles. The van der Waals surface area contributed by atoms with E-state index in [0.717, 1.165) is 17.7 Å². The van der Waals surface area contributed by atoms with Crippen molar-refractivity contribution in [3.05, 3.63) is 59.7 Å². The predicted octanol–water partition coefficient (Wildman–Crippen LogP) is 3.19. The normalized spacial score (nSPS) is 10.9. The average Bonchev–Trinajstić information content (AvgIpc) is 2.45. The van der Waals surface area contributed by atoms with Crippen molar-refractivity contribution in [2.45, 2.75) is 6.61 Å². The molecule has 2 aromatic rings. The number of hydrogen-bond donors (Lipinski definition) is 0. The maximum atomic E-state index is 12.6. The molecule has 0 N–H and O–H groups in total. The van der Waals surface area contributed by atoms with Crippen LogP contribution >= 0.6 is 0 Å². The van der Waals surface area contributed by atoms with Gasteiger partial charge in [-0.1, -0.05) is 24.3 Å². The first-order valence-corrected chi connectivity index (χ1v) is 5.91. The van der Waals surface area contributed by atoms with Crippen LogP contribution in [0.15, 0.2) is 48.5 Å². The summed E-state index contributed by atoms with van der Waals surface area (Å²) < 4.78 is 43.1. The summed E-state index contributed by atoms with van der Waals surface area (Å²) in [6.07, 6.45) is 0. The minimum Gasteiger partial charge on any atom is -0.489 e. The van der Waals surface area contributed by atoms with Gasteiger partial charge in [0, 0.05) is 0 Å². The smallest absolute Gasteiger partial charge is 0.489 e. The number of nitriles is 1. The highest BCUT2D eigenvalue weighted by atomic mass is 19.4. The molecule has 0 aliphatic heterocycles. The van der Waals surface area contributed by atoms with Gasteiger partial charge in [-0.25, -0.2) is 0 Å². The first-order chi connectivity index (χ1) is 9.49. The van der Waals surface area contributed by atoms with Gasteiger partial charge in [0.1, 0.15) is 12.4 Å². The predicted molar refractivity (Wildman–Crippen MR) is 70.6 cm³/mol. The Balaban J connectivity index is 2.05. The Morgan fingerprint density at radius 2 is 1.75 bits per heavy atom. The lowest BCUT2D eigenvalue weighted by atomic mass is 9.80. The molecule has 0 unspecified atom stereocenters. The van der Waals surface area contributed by atoms with Gasteiger partial charge in [0.25, 0.3) is 0 Å². The quantitative estimate of drug-likeness (QED) is 0.803. The number of hydrogen-bond acceptors (Lipinski definition) is 2. The summed E-state index contributed by atoms with van der Waals surface area (Å²) in [5, 5.41) is 8.66. The third-order valence-electron chi connectivity index (χ3n) is 2.72. The molecule has 0 spiro atoms. The van der Waals surface area contributed by atoms with Crippen LogP contribution in [0, 0.1) is 11.3 Å². The molecule has 2 nitrogen and oxygen atoms in total. The number of ether oxygens (including phenoxy) is 1. The molecule has 2 rings (SSSR count). The molecule has 0 aliphatic carbocycles. The summed E-state index contributed by atoms with van der Waals surface area (Å²) in [4.78, 5) is 0. The Labute approximate surface area is 114 Å². The lowest BCUT2D eigenvalue weighted by Crippen LogP contribution is -2.33. The van der Waals surface area contributed by atoms with Crippen LogP contribution in [-0.4, -0.2) is 6.98 Å². The molecule has 2 aromatic carbocycles. The van der Waals surface area contributed by atoms with Crippen LogP contribution < -0.4 is 10.2 Å². The van der Waals surface area contributed by atoms with Gasteiger partial charge in [-0.15, -0.1) is 5.46 Å². The van der Waals surface area contributed by atoms with Crippen LogP contribution in [0.2, 0.25) is 0 Å². The highest BCUT2D eigenvalue weighted by Crippen LogP contribution is 2.16. The Kier molecular flexibility index (Phi) is 3.99. The standard InChI is InChI=1S/C14H10BF3NO/c16-15(17,18)13-2-1-3-14(8-13)20-10-12-6-4-11(9-19)5-7-12/h1-8H,10H2/q-1. The average molecular weight is 276 g/mol. The minimum atomic E-state index is -5.02.